The maximum Gasteiger partial charge on any atom is 0.274 e. The lowest BCUT2D eigenvalue weighted by molar-refractivity contribution is 0.0939. The third-order valence-electron chi connectivity index (χ3n) is 2.55. The Labute approximate surface area is 111 Å². The van der Waals surface area contributed by atoms with Crippen LogP contribution in [0.25, 0.3) is 11.3 Å². The normalized spacial score (nSPS) is 10.5. The van der Waals surface area contributed by atoms with Gasteiger partial charge in [0.05, 0.1) is 7.11 Å². The number of benzene rings is 1. The molecule has 2 rings (SSSR count). The van der Waals surface area contributed by atoms with Gasteiger partial charge in [-0.15, -0.1) is 0 Å². The maximum absolute atomic E-state index is 12.0. The molecule has 0 aliphatic rings. The van der Waals surface area contributed by atoms with Gasteiger partial charge in [-0.2, -0.15) is 0 Å². The van der Waals surface area contributed by atoms with Gasteiger partial charge < -0.3 is 14.5 Å². The first-order valence-electron chi connectivity index (χ1n) is 6.00. The highest BCUT2D eigenvalue weighted by Crippen LogP contribution is 2.25. The van der Waals surface area contributed by atoms with Gasteiger partial charge in [-0.05, 0) is 38.1 Å². The molecule has 0 saturated carbocycles. The second-order valence-corrected chi connectivity index (χ2v) is 4.39. The molecule has 0 fully saturated rings. The minimum absolute atomic E-state index is 0.0490. The van der Waals surface area contributed by atoms with Crippen molar-refractivity contribution >= 4 is 5.91 Å². The first-order chi connectivity index (χ1) is 9.11. The van der Waals surface area contributed by atoms with E-state index in [0.717, 1.165) is 11.3 Å². The number of aromatic nitrogens is 1. The molecule has 1 N–H and O–H groups in total. The average molecular weight is 260 g/mol. The van der Waals surface area contributed by atoms with E-state index in [1.807, 2.05) is 38.1 Å². The molecule has 5 heteroatoms. The number of carbonyl (C=O) groups excluding carboxylic acids is 1. The van der Waals surface area contributed by atoms with Crippen LogP contribution in [0.4, 0.5) is 0 Å². The number of nitrogens with zero attached hydrogens (tertiary/aromatic N) is 1. The van der Waals surface area contributed by atoms with Gasteiger partial charge in [0, 0.05) is 11.6 Å². The zero-order valence-corrected chi connectivity index (χ0v) is 11.1. The van der Waals surface area contributed by atoms with Crippen molar-refractivity contribution in [1.29, 1.82) is 0 Å². The van der Waals surface area contributed by atoms with Crippen LogP contribution in [0.15, 0.2) is 35.1 Å². The van der Waals surface area contributed by atoms with Crippen molar-refractivity contribution in [2.45, 2.75) is 19.9 Å². The molecule has 0 atom stereocenters. The largest absolute Gasteiger partial charge is 0.497 e. The fourth-order valence-corrected chi connectivity index (χ4v) is 1.69. The van der Waals surface area contributed by atoms with Crippen LogP contribution in [-0.4, -0.2) is 24.0 Å². The molecule has 0 bridgehead atoms. The Morgan fingerprint density at radius 3 is 2.58 bits per heavy atom. The number of ether oxygens (including phenoxy) is 1. The van der Waals surface area contributed by atoms with E-state index in [0.29, 0.717) is 11.5 Å². The molecule has 1 amide bonds. The molecule has 1 heterocycles. The lowest BCUT2D eigenvalue weighted by Gasteiger charge is -2.07. The van der Waals surface area contributed by atoms with Crippen molar-refractivity contribution in [2.24, 2.45) is 0 Å². The molecule has 5 nitrogen and oxygen atoms in total. The van der Waals surface area contributed by atoms with Crippen LogP contribution in [0.3, 0.4) is 0 Å². The molecule has 0 aliphatic heterocycles. The minimum Gasteiger partial charge on any atom is -0.497 e. The molecule has 100 valence electrons. The highest BCUT2D eigenvalue weighted by atomic mass is 16.5. The standard InChI is InChI=1S/C14H16N2O3/c1-9(2)16-14(17)12-13(19-8-15-12)10-4-6-11(18-3)7-5-10/h4-9H,1-3H3,(H,16,17). The van der Waals surface area contributed by atoms with Crippen molar-refractivity contribution in [3.8, 4) is 17.1 Å². The molecular formula is C14H16N2O3. The third kappa shape index (κ3) is 2.93. The smallest absolute Gasteiger partial charge is 0.274 e. The van der Waals surface area contributed by atoms with Gasteiger partial charge in [-0.3, -0.25) is 4.79 Å². The molecule has 0 radical (unpaired) electrons. The molecule has 1 aromatic heterocycles. The Balaban J connectivity index is 2.30. The summed E-state index contributed by atoms with van der Waals surface area (Å²) in [6.45, 7) is 3.79. The number of nitrogens with one attached hydrogen (secondary N) is 1. The predicted octanol–water partition coefficient (Wildman–Crippen LogP) is 2.49. The number of methoxy groups -OCH3 is 1. The van der Waals surface area contributed by atoms with E-state index in [1.165, 1.54) is 6.39 Å². The summed E-state index contributed by atoms with van der Waals surface area (Å²) in [7, 11) is 1.60. The van der Waals surface area contributed by atoms with Gasteiger partial charge in [0.1, 0.15) is 5.75 Å². The maximum atomic E-state index is 12.0. The van der Waals surface area contributed by atoms with Gasteiger partial charge in [-0.25, -0.2) is 4.98 Å². The topological polar surface area (TPSA) is 64.4 Å². The lowest BCUT2D eigenvalue weighted by atomic mass is 10.1. The fraction of sp³-hybridized carbons (Fsp3) is 0.286. The van der Waals surface area contributed by atoms with Gasteiger partial charge >= 0.3 is 0 Å². The Hall–Kier alpha value is -2.30. The Kier molecular flexibility index (Phi) is 3.85. The number of amides is 1. The highest BCUT2D eigenvalue weighted by Gasteiger charge is 2.18. The summed E-state index contributed by atoms with van der Waals surface area (Å²) in [5, 5.41) is 2.79. The average Bonchev–Trinajstić information content (AvgIpc) is 2.87. The molecule has 0 spiro atoms. The van der Waals surface area contributed by atoms with E-state index in [4.69, 9.17) is 9.15 Å². The van der Waals surface area contributed by atoms with Crippen LogP contribution < -0.4 is 10.1 Å². The van der Waals surface area contributed by atoms with Gasteiger partial charge in [-0.1, -0.05) is 0 Å². The fourth-order valence-electron chi connectivity index (χ4n) is 1.69. The highest BCUT2D eigenvalue weighted by molar-refractivity contribution is 5.97. The van der Waals surface area contributed by atoms with E-state index in [9.17, 15) is 4.79 Å². The molecule has 0 saturated heterocycles. The second-order valence-electron chi connectivity index (χ2n) is 4.39. The van der Waals surface area contributed by atoms with Gasteiger partial charge in [0.25, 0.3) is 5.91 Å². The first-order valence-corrected chi connectivity index (χ1v) is 6.00. The van der Waals surface area contributed by atoms with Crippen LogP contribution in [0.1, 0.15) is 24.3 Å². The van der Waals surface area contributed by atoms with Gasteiger partial charge in [0.2, 0.25) is 0 Å². The third-order valence-corrected chi connectivity index (χ3v) is 2.55. The van der Waals surface area contributed by atoms with E-state index in [2.05, 4.69) is 10.3 Å². The quantitative estimate of drug-likeness (QED) is 0.917. The summed E-state index contributed by atoms with van der Waals surface area (Å²) in [4.78, 5) is 16.0. The number of carbonyl (C=O) groups is 1. The van der Waals surface area contributed by atoms with E-state index in [1.54, 1.807) is 7.11 Å². The van der Waals surface area contributed by atoms with Crippen molar-refractivity contribution < 1.29 is 13.9 Å². The van der Waals surface area contributed by atoms with E-state index in [-0.39, 0.29) is 11.9 Å². The van der Waals surface area contributed by atoms with Crippen molar-refractivity contribution in [2.75, 3.05) is 7.11 Å². The number of hydrogen-bond acceptors (Lipinski definition) is 4. The Morgan fingerprint density at radius 1 is 1.32 bits per heavy atom. The SMILES string of the molecule is COc1ccc(-c2ocnc2C(=O)NC(C)C)cc1. The van der Waals surface area contributed by atoms with Gasteiger partial charge in [0.15, 0.2) is 17.8 Å². The minimum atomic E-state index is -0.241. The Bertz CT molecular complexity index is 558. The molecule has 1 aromatic carbocycles. The zero-order chi connectivity index (χ0) is 13.8. The molecule has 0 unspecified atom stereocenters. The number of hydrogen-bond donors (Lipinski definition) is 1. The van der Waals surface area contributed by atoms with Crippen LogP contribution in [0, 0.1) is 0 Å². The van der Waals surface area contributed by atoms with Crippen LogP contribution in [-0.2, 0) is 0 Å². The van der Waals surface area contributed by atoms with E-state index >= 15 is 0 Å². The van der Waals surface area contributed by atoms with Crippen LogP contribution >= 0.6 is 0 Å². The van der Waals surface area contributed by atoms with E-state index < -0.39 is 0 Å². The summed E-state index contributed by atoms with van der Waals surface area (Å²) in [6.07, 6.45) is 1.27. The summed E-state index contributed by atoms with van der Waals surface area (Å²) < 4.78 is 10.4. The zero-order valence-electron chi connectivity index (χ0n) is 11.1. The second kappa shape index (κ2) is 5.56. The molecule has 0 aliphatic carbocycles. The van der Waals surface area contributed by atoms with Crippen molar-refractivity contribution in [1.82, 2.24) is 10.3 Å². The van der Waals surface area contributed by atoms with Crippen LogP contribution in [0.2, 0.25) is 0 Å². The lowest BCUT2D eigenvalue weighted by Crippen LogP contribution is -2.30. The number of rotatable bonds is 4. The Morgan fingerprint density at radius 2 is 2.00 bits per heavy atom. The van der Waals surface area contributed by atoms with Crippen molar-refractivity contribution in [3.05, 3.63) is 36.4 Å². The number of oxazole rings is 1. The summed E-state index contributed by atoms with van der Waals surface area (Å²) in [5.74, 6) is 0.965. The summed E-state index contributed by atoms with van der Waals surface area (Å²) in [6, 6.07) is 7.31. The summed E-state index contributed by atoms with van der Waals surface area (Å²) >= 11 is 0. The van der Waals surface area contributed by atoms with Crippen molar-refractivity contribution in [3.63, 3.8) is 0 Å². The van der Waals surface area contributed by atoms with Crippen LogP contribution in [0.5, 0.6) is 5.75 Å². The summed E-state index contributed by atoms with van der Waals surface area (Å²) in [5.41, 5.74) is 1.08. The molecular weight excluding hydrogens is 244 g/mol. The molecule has 19 heavy (non-hydrogen) atoms. The first kappa shape index (κ1) is 13.1. The monoisotopic (exact) mass is 260 g/mol. The molecule has 2 aromatic rings. The predicted molar refractivity (Wildman–Crippen MR) is 71.1 cm³/mol.